The maximum atomic E-state index is 6.36. The van der Waals surface area contributed by atoms with Gasteiger partial charge in [0.1, 0.15) is 0 Å². The molecule has 0 bridgehead atoms. The van der Waals surface area contributed by atoms with Crippen LogP contribution in [0.4, 0.5) is 0 Å². The van der Waals surface area contributed by atoms with Crippen LogP contribution in [0.1, 0.15) is 22.3 Å². The van der Waals surface area contributed by atoms with Gasteiger partial charge in [0.2, 0.25) is 0 Å². The van der Waals surface area contributed by atoms with Crippen molar-refractivity contribution in [3.05, 3.63) is 152 Å². The molecule has 0 unspecified atom stereocenters. The average molecular weight is 640 g/mol. The van der Waals surface area contributed by atoms with Crippen LogP contribution < -0.4 is 0 Å². The van der Waals surface area contributed by atoms with E-state index < -0.39 is 9.74 Å². The van der Waals surface area contributed by atoms with Crippen LogP contribution in [0.15, 0.2) is 110 Å². The monoisotopic (exact) mass is 638 g/mol. The first kappa shape index (κ1) is 27.7. The lowest BCUT2D eigenvalue weighted by Gasteiger charge is -2.42. The second-order valence-electron chi connectivity index (χ2n) is 8.87. The van der Waals surface area contributed by atoms with Gasteiger partial charge in [-0.25, -0.2) is 0 Å². The quantitative estimate of drug-likeness (QED) is 0.174. The average Bonchev–Trinajstić information content (AvgIpc) is 3.72. The van der Waals surface area contributed by atoms with Crippen LogP contribution in [0.2, 0.25) is 20.1 Å². The third-order valence-electron chi connectivity index (χ3n) is 6.50. The highest BCUT2D eigenvalue weighted by Gasteiger charge is 2.52. The van der Waals surface area contributed by atoms with Gasteiger partial charge in [-0.3, -0.25) is 0 Å². The second kappa shape index (κ2) is 11.4. The van der Waals surface area contributed by atoms with Crippen LogP contribution in [-0.4, -0.2) is 40.4 Å². The van der Waals surface area contributed by atoms with Gasteiger partial charge in [-0.2, -0.15) is 0 Å². The van der Waals surface area contributed by atoms with Crippen LogP contribution in [0, 0.1) is 0 Å². The molecule has 0 fully saturated rings. The first-order valence-corrected chi connectivity index (χ1v) is 14.5. The summed E-state index contributed by atoms with van der Waals surface area (Å²) in [7, 11) is 0. The van der Waals surface area contributed by atoms with E-state index in [9.17, 15) is 0 Å². The zero-order valence-electron chi connectivity index (χ0n) is 20.9. The molecule has 41 heavy (non-hydrogen) atoms. The molecule has 6 aromatic rings. The lowest BCUT2D eigenvalue weighted by Crippen LogP contribution is -2.44. The van der Waals surface area contributed by atoms with Crippen molar-refractivity contribution in [1.29, 1.82) is 0 Å². The Morgan fingerprint density at radius 1 is 0.439 bits per heavy atom. The molecular formula is C28H18Cl4N8S. The van der Waals surface area contributed by atoms with Crippen molar-refractivity contribution in [3.8, 4) is 0 Å². The third-order valence-corrected chi connectivity index (χ3v) is 9.37. The largest absolute Gasteiger partial charge is 0.182 e. The Kier molecular flexibility index (Phi) is 7.72. The molecule has 204 valence electrons. The summed E-state index contributed by atoms with van der Waals surface area (Å²) in [6, 6.07) is 30.0. The summed E-state index contributed by atoms with van der Waals surface area (Å²) in [5.41, 5.74) is 3.22. The van der Waals surface area contributed by atoms with Crippen molar-refractivity contribution >= 4 is 58.2 Å². The van der Waals surface area contributed by atoms with Crippen LogP contribution in [0.5, 0.6) is 0 Å². The molecule has 4 aromatic carbocycles. The Labute approximate surface area is 259 Å². The van der Waals surface area contributed by atoms with E-state index in [4.69, 9.17) is 46.4 Å². The molecular weight excluding hydrogens is 622 g/mol. The van der Waals surface area contributed by atoms with Crippen LogP contribution in [0.25, 0.3) is 0 Å². The predicted molar refractivity (Wildman–Crippen MR) is 161 cm³/mol. The fourth-order valence-electron chi connectivity index (χ4n) is 4.65. The molecule has 0 saturated heterocycles. The molecule has 13 heteroatoms. The van der Waals surface area contributed by atoms with Gasteiger partial charge in [0.25, 0.3) is 0 Å². The first-order valence-electron chi connectivity index (χ1n) is 12.1. The van der Waals surface area contributed by atoms with Gasteiger partial charge in [0, 0.05) is 20.1 Å². The number of hydrogen-bond acceptors (Lipinski definition) is 7. The topological polar surface area (TPSA) is 87.2 Å². The van der Waals surface area contributed by atoms with E-state index in [1.54, 1.807) is 9.59 Å². The van der Waals surface area contributed by atoms with Crippen LogP contribution in [0.3, 0.4) is 0 Å². The molecule has 0 atom stereocenters. The van der Waals surface area contributed by atoms with Crippen molar-refractivity contribution in [2.45, 2.75) is 9.74 Å². The molecule has 0 aliphatic carbocycles. The van der Waals surface area contributed by atoms with E-state index in [0.29, 0.717) is 20.1 Å². The van der Waals surface area contributed by atoms with E-state index in [-0.39, 0.29) is 0 Å². The zero-order chi connectivity index (χ0) is 28.5. The van der Waals surface area contributed by atoms with Crippen molar-refractivity contribution in [2.75, 3.05) is 0 Å². The Bertz CT molecular complexity index is 1510. The van der Waals surface area contributed by atoms with Gasteiger partial charge >= 0.3 is 0 Å². The van der Waals surface area contributed by atoms with Crippen molar-refractivity contribution < 1.29 is 0 Å². The summed E-state index contributed by atoms with van der Waals surface area (Å²) in [6.07, 6.45) is 2.78. The van der Waals surface area contributed by atoms with E-state index in [1.807, 2.05) is 97.1 Å². The number of aromatic nitrogens is 8. The standard InChI is InChI=1S/C28H18Cl4N8S/c29-23-9-1-19(2-10-23)27(39-35-17-33-37-39,20-3-11-24(30)12-4-20)41-28(40-36-18-34-38-40,21-5-13-25(31)14-6-21)22-7-15-26(32)16-8-22/h1-18H. The summed E-state index contributed by atoms with van der Waals surface area (Å²) in [5.74, 6) is 0. The summed E-state index contributed by atoms with van der Waals surface area (Å²) in [6.45, 7) is 0. The Morgan fingerprint density at radius 2 is 0.707 bits per heavy atom. The predicted octanol–water partition coefficient (Wildman–Crippen LogP) is 7.21. The second-order valence-corrected chi connectivity index (χ2v) is 12.0. The van der Waals surface area contributed by atoms with E-state index in [1.165, 1.54) is 24.4 Å². The number of benzene rings is 4. The molecule has 2 aromatic heterocycles. The minimum atomic E-state index is -1.17. The molecule has 0 aliphatic heterocycles. The number of hydrogen-bond donors (Lipinski definition) is 0. The highest BCUT2D eigenvalue weighted by molar-refractivity contribution is 8.01. The fourth-order valence-corrected chi connectivity index (χ4v) is 6.93. The molecule has 2 heterocycles. The van der Waals surface area contributed by atoms with Gasteiger partial charge < -0.3 is 0 Å². The highest BCUT2D eigenvalue weighted by Crippen LogP contribution is 2.56. The molecule has 0 saturated carbocycles. The third kappa shape index (κ3) is 5.09. The van der Waals surface area contributed by atoms with Gasteiger partial charge in [0.05, 0.1) is 0 Å². The smallest absolute Gasteiger partial charge is 0.139 e. The Hall–Kier alpha value is -3.47. The number of nitrogens with zero attached hydrogens (tertiary/aromatic N) is 8. The Balaban J connectivity index is 1.74. The summed E-state index contributed by atoms with van der Waals surface area (Å²) >= 11 is 26.9. The maximum absolute atomic E-state index is 6.36. The molecule has 8 nitrogen and oxygen atoms in total. The molecule has 0 N–H and O–H groups in total. The highest BCUT2D eigenvalue weighted by atomic mass is 35.5. The summed E-state index contributed by atoms with van der Waals surface area (Å²) in [5, 5.41) is 28.5. The van der Waals surface area contributed by atoms with Gasteiger partial charge in [-0.1, -0.05) is 107 Å². The Morgan fingerprint density at radius 3 is 0.927 bits per heavy atom. The zero-order valence-corrected chi connectivity index (χ0v) is 24.7. The number of halogens is 4. The first-order chi connectivity index (χ1) is 19.9. The van der Waals surface area contributed by atoms with E-state index >= 15 is 0 Å². The molecule has 0 aliphatic rings. The summed E-state index contributed by atoms with van der Waals surface area (Å²) < 4.78 is 0. The molecule has 0 radical (unpaired) electrons. The molecule has 6 rings (SSSR count). The van der Waals surface area contributed by atoms with Crippen molar-refractivity contribution in [1.82, 2.24) is 40.4 Å². The number of rotatable bonds is 8. The minimum Gasteiger partial charge on any atom is -0.139 e. The van der Waals surface area contributed by atoms with E-state index in [0.717, 1.165) is 22.3 Å². The van der Waals surface area contributed by atoms with Crippen molar-refractivity contribution in [3.63, 3.8) is 0 Å². The number of thioether (sulfide) groups is 1. The van der Waals surface area contributed by atoms with Gasteiger partial charge in [-0.05, 0) is 81.2 Å². The SMILES string of the molecule is Clc1ccc(C(SC(c2ccc(Cl)cc2)(c2ccc(Cl)cc2)n2ncnn2)(c2ccc(Cl)cc2)n2ncnn2)cc1. The van der Waals surface area contributed by atoms with Crippen LogP contribution >= 0.6 is 58.2 Å². The minimum absolute atomic E-state index is 0.579. The normalized spacial score (nSPS) is 12.0. The lowest BCUT2D eigenvalue weighted by atomic mass is 9.97. The molecule has 0 amide bonds. The fraction of sp³-hybridized carbons (Fsp3) is 0.0714. The van der Waals surface area contributed by atoms with Gasteiger partial charge in [0.15, 0.2) is 22.4 Å². The lowest BCUT2D eigenvalue weighted by molar-refractivity contribution is 0.427. The van der Waals surface area contributed by atoms with Crippen molar-refractivity contribution in [2.24, 2.45) is 0 Å². The summed E-state index contributed by atoms with van der Waals surface area (Å²) in [4.78, 5) is 0.778. The van der Waals surface area contributed by atoms with E-state index in [2.05, 4.69) is 30.8 Å². The maximum Gasteiger partial charge on any atom is 0.182 e. The molecule has 0 spiro atoms. The van der Waals surface area contributed by atoms with Crippen LogP contribution in [-0.2, 0) is 9.74 Å². The van der Waals surface area contributed by atoms with Gasteiger partial charge in [-0.15, -0.1) is 30.0 Å². The number of tetrazole rings is 2.